The fraction of sp³-hybridized carbons (Fsp3) is 0.600. The smallest absolute Gasteiger partial charge is 0.463 e. The van der Waals surface area contributed by atoms with E-state index in [1.54, 1.807) is 5.48 Å². The monoisotopic (exact) mass is 369 g/mol. The molecule has 0 radical (unpaired) electrons. The minimum Gasteiger partial charge on any atom is -0.463 e. The first-order valence-electron chi connectivity index (χ1n) is 8.21. The average molecular weight is 369 g/mol. The van der Waals surface area contributed by atoms with Crippen molar-refractivity contribution >= 4 is 17.9 Å². The van der Waals surface area contributed by atoms with Crippen LogP contribution in [0.2, 0.25) is 0 Å². The molecule has 2 saturated heterocycles. The van der Waals surface area contributed by atoms with E-state index in [-0.39, 0.29) is 24.8 Å². The van der Waals surface area contributed by atoms with Gasteiger partial charge < -0.3 is 18.9 Å². The number of nitrogens with zero attached hydrogens (tertiary/aromatic N) is 2. The molecule has 0 aliphatic carbocycles. The standard InChI is InChI=1S/C15H19N3O8/c1-2-3-4-10(19)23-7-8-11-12(26-15(21)25-11)13(24-8)18-6-5-9(17-22)16-14(18)20/h5-6,8,11-13,22H,2-4,7H2,1H3,(H,16,17,20)/t8-,11-,12-,13-/m1/s1. The summed E-state index contributed by atoms with van der Waals surface area (Å²) in [5.74, 6) is -0.417. The molecule has 0 amide bonds. The number of hydrogen-bond acceptors (Lipinski definition) is 10. The molecule has 11 nitrogen and oxygen atoms in total. The third kappa shape index (κ3) is 3.63. The molecule has 3 heterocycles. The Morgan fingerprint density at radius 1 is 1.38 bits per heavy atom. The summed E-state index contributed by atoms with van der Waals surface area (Å²) in [6, 6.07) is 1.34. The average Bonchev–Trinajstić information content (AvgIpc) is 3.15. The van der Waals surface area contributed by atoms with E-state index in [9.17, 15) is 14.4 Å². The zero-order valence-corrected chi connectivity index (χ0v) is 14.0. The Morgan fingerprint density at radius 2 is 2.15 bits per heavy atom. The van der Waals surface area contributed by atoms with Crippen LogP contribution in [0.25, 0.3) is 0 Å². The predicted molar refractivity (Wildman–Crippen MR) is 83.4 cm³/mol. The molecule has 11 heteroatoms. The van der Waals surface area contributed by atoms with Crippen molar-refractivity contribution in [2.45, 2.75) is 50.7 Å². The fourth-order valence-corrected chi connectivity index (χ4v) is 2.82. The number of aromatic nitrogens is 2. The van der Waals surface area contributed by atoms with Crippen LogP contribution in [-0.4, -0.2) is 51.8 Å². The first-order valence-corrected chi connectivity index (χ1v) is 8.21. The largest absolute Gasteiger partial charge is 0.509 e. The van der Waals surface area contributed by atoms with Crippen molar-refractivity contribution in [2.24, 2.45) is 0 Å². The zero-order chi connectivity index (χ0) is 18.7. The van der Waals surface area contributed by atoms with E-state index in [1.165, 1.54) is 12.3 Å². The number of hydrogen-bond donors (Lipinski definition) is 2. The van der Waals surface area contributed by atoms with E-state index in [1.807, 2.05) is 6.92 Å². The second kappa shape index (κ2) is 7.70. The molecule has 0 saturated carbocycles. The molecular formula is C15H19N3O8. The topological polar surface area (TPSA) is 138 Å². The van der Waals surface area contributed by atoms with Crippen LogP contribution in [0.15, 0.2) is 17.1 Å². The third-order valence-corrected chi connectivity index (χ3v) is 4.11. The lowest BCUT2D eigenvalue weighted by Gasteiger charge is -2.18. The quantitative estimate of drug-likeness (QED) is 0.518. The van der Waals surface area contributed by atoms with Gasteiger partial charge in [-0.1, -0.05) is 13.3 Å². The molecule has 0 bridgehead atoms. The second-order valence-electron chi connectivity index (χ2n) is 5.88. The van der Waals surface area contributed by atoms with Crippen molar-refractivity contribution < 1.29 is 33.7 Å². The summed E-state index contributed by atoms with van der Waals surface area (Å²) in [5, 5.41) is 8.80. The van der Waals surface area contributed by atoms with Crippen LogP contribution in [0, 0.1) is 0 Å². The Kier molecular flexibility index (Phi) is 5.38. The van der Waals surface area contributed by atoms with Gasteiger partial charge in [-0.25, -0.2) is 9.59 Å². The summed E-state index contributed by atoms with van der Waals surface area (Å²) in [5.41, 5.74) is 1.04. The van der Waals surface area contributed by atoms with Crippen molar-refractivity contribution in [1.82, 2.24) is 9.55 Å². The maximum atomic E-state index is 12.1. The number of nitrogens with one attached hydrogen (secondary N) is 1. The molecule has 1 aromatic heterocycles. The SMILES string of the molecule is CCCCC(=O)OC[C@H]1O[C@@H](n2ccc(NO)nc2=O)[C@@H]2OC(=O)O[C@@H]21. The Balaban J connectivity index is 1.73. The van der Waals surface area contributed by atoms with Gasteiger partial charge in [0.25, 0.3) is 0 Å². The highest BCUT2D eigenvalue weighted by molar-refractivity contribution is 5.69. The molecular weight excluding hydrogens is 350 g/mol. The number of anilines is 1. The molecule has 4 atom stereocenters. The highest BCUT2D eigenvalue weighted by Crippen LogP contribution is 2.37. The van der Waals surface area contributed by atoms with Crippen LogP contribution in [0.5, 0.6) is 0 Å². The van der Waals surface area contributed by atoms with Gasteiger partial charge in [0.05, 0.1) is 0 Å². The summed E-state index contributed by atoms with van der Waals surface area (Å²) in [6.45, 7) is 1.83. The first-order chi connectivity index (χ1) is 12.5. The highest BCUT2D eigenvalue weighted by atomic mass is 16.8. The van der Waals surface area contributed by atoms with Gasteiger partial charge in [0.1, 0.15) is 12.7 Å². The predicted octanol–water partition coefficient (Wildman–Crippen LogP) is 0.579. The van der Waals surface area contributed by atoms with Crippen LogP contribution in [0.4, 0.5) is 10.6 Å². The molecule has 3 rings (SSSR count). The number of ether oxygens (including phenoxy) is 4. The van der Waals surface area contributed by atoms with Crippen molar-refractivity contribution in [1.29, 1.82) is 0 Å². The van der Waals surface area contributed by atoms with E-state index in [0.29, 0.717) is 6.42 Å². The van der Waals surface area contributed by atoms with Crippen molar-refractivity contribution in [2.75, 3.05) is 12.1 Å². The van der Waals surface area contributed by atoms with Crippen LogP contribution < -0.4 is 11.2 Å². The maximum Gasteiger partial charge on any atom is 0.509 e. The Morgan fingerprint density at radius 3 is 2.85 bits per heavy atom. The first kappa shape index (κ1) is 18.1. The Labute approximate surface area is 147 Å². The molecule has 2 aliphatic rings. The van der Waals surface area contributed by atoms with E-state index >= 15 is 0 Å². The minimum atomic E-state index is -0.987. The summed E-state index contributed by atoms with van der Waals surface area (Å²) in [6.07, 6.45) is -1.14. The van der Waals surface area contributed by atoms with E-state index in [4.69, 9.17) is 24.2 Å². The Hall–Kier alpha value is -2.66. The number of fused-ring (bicyclic) bond motifs is 1. The summed E-state index contributed by atoms with van der Waals surface area (Å²) in [7, 11) is 0. The number of rotatable bonds is 7. The maximum absolute atomic E-state index is 12.1. The normalized spacial score (nSPS) is 26.8. The van der Waals surface area contributed by atoms with Crippen LogP contribution in [0.3, 0.4) is 0 Å². The van der Waals surface area contributed by atoms with Crippen molar-refractivity contribution in [3.63, 3.8) is 0 Å². The van der Waals surface area contributed by atoms with E-state index < -0.39 is 36.4 Å². The van der Waals surface area contributed by atoms with Crippen LogP contribution in [0.1, 0.15) is 32.4 Å². The summed E-state index contributed by atoms with van der Waals surface area (Å²) >= 11 is 0. The van der Waals surface area contributed by atoms with E-state index in [0.717, 1.165) is 11.0 Å². The lowest BCUT2D eigenvalue weighted by atomic mass is 10.1. The zero-order valence-electron chi connectivity index (χ0n) is 14.0. The molecule has 0 aromatic carbocycles. The lowest BCUT2D eigenvalue weighted by Crippen LogP contribution is -2.34. The van der Waals surface area contributed by atoms with Gasteiger partial charge in [-0.05, 0) is 12.5 Å². The third-order valence-electron chi connectivity index (χ3n) is 4.11. The van der Waals surface area contributed by atoms with Gasteiger partial charge in [0, 0.05) is 12.6 Å². The molecule has 2 fully saturated rings. The molecule has 1 aromatic rings. The van der Waals surface area contributed by atoms with Gasteiger partial charge in [-0.3, -0.25) is 20.0 Å². The van der Waals surface area contributed by atoms with Gasteiger partial charge in [-0.15, -0.1) is 0 Å². The molecule has 0 unspecified atom stereocenters. The van der Waals surface area contributed by atoms with Crippen LogP contribution in [-0.2, 0) is 23.7 Å². The fourth-order valence-electron chi connectivity index (χ4n) is 2.82. The second-order valence-corrected chi connectivity index (χ2v) is 5.88. The number of unbranched alkanes of at least 4 members (excludes halogenated alkanes) is 1. The van der Waals surface area contributed by atoms with Gasteiger partial charge in [0.2, 0.25) is 0 Å². The van der Waals surface area contributed by atoms with Gasteiger partial charge in [-0.2, -0.15) is 4.98 Å². The number of carbonyl (C=O) groups is 2. The van der Waals surface area contributed by atoms with Crippen molar-refractivity contribution in [3.05, 3.63) is 22.7 Å². The van der Waals surface area contributed by atoms with E-state index in [2.05, 4.69) is 4.98 Å². The van der Waals surface area contributed by atoms with Crippen LogP contribution >= 0.6 is 0 Å². The lowest BCUT2D eigenvalue weighted by molar-refractivity contribution is -0.151. The Bertz CT molecular complexity index is 736. The van der Waals surface area contributed by atoms with Gasteiger partial charge >= 0.3 is 17.8 Å². The highest BCUT2D eigenvalue weighted by Gasteiger charge is 2.55. The molecule has 142 valence electrons. The molecule has 0 spiro atoms. The summed E-state index contributed by atoms with van der Waals surface area (Å²) < 4.78 is 22.2. The number of esters is 1. The number of carbonyl (C=O) groups excluding carboxylic acids is 2. The summed E-state index contributed by atoms with van der Waals surface area (Å²) in [4.78, 5) is 38.9. The molecule has 2 N–H and O–H groups in total. The molecule has 2 aliphatic heterocycles. The molecule has 26 heavy (non-hydrogen) atoms. The minimum absolute atomic E-state index is 0.0399. The van der Waals surface area contributed by atoms with Gasteiger partial charge in [0.15, 0.2) is 24.3 Å². The van der Waals surface area contributed by atoms with Crippen molar-refractivity contribution in [3.8, 4) is 0 Å².